The minimum Gasteiger partial charge on any atom is -0.371 e. The molecule has 0 radical (unpaired) electrons. The van der Waals surface area contributed by atoms with Crippen LogP contribution in [0.3, 0.4) is 0 Å². The maximum absolute atomic E-state index is 15.8. The van der Waals surface area contributed by atoms with Crippen molar-refractivity contribution in [3.63, 3.8) is 0 Å². The van der Waals surface area contributed by atoms with E-state index in [0.717, 1.165) is 81.8 Å². The second kappa shape index (κ2) is 16.9. The molecule has 5 saturated heterocycles. The molecule has 326 valence electrons. The number of imide groups is 2. The van der Waals surface area contributed by atoms with Gasteiger partial charge in [0.1, 0.15) is 11.9 Å². The van der Waals surface area contributed by atoms with Crippen LogP contribution in [0.4, 0.5) is 32.3 Å². The van der Waals surface area contributed by atoms with E-state index in [4.69, 9.17) is 5.73 Å². The quantitative estimate of drug-likeness (QED) is 0.251. The number of benzene rings is 2. The first-order chi connectivity index (χ1) is 29.9. The molecule has 6 aliphatic rings. The number of carbonyl (C=O) groups is 6. The SMILES string of the molecule is CN1CCN(C2CCCN(c3nnc(C(N)=O)c(Nc4ccc(C5CCN(CC6CCN(c7ccc8c(c7)C(=O)N(C7CCC(=O)NC7=O)C8=O)CC6)CC5)c(F)c4)n3)C2)C1=O. The fraction of sp³-hybridized carbons (Fsp3) is 0.512. The van der Waals surface area contributed by atoms with Crippen LogP contribution in [0.1, 0.15) is 94.1 Å². The molecule has 0 spiro atoms. The van der Waals surface area contributed by atoms with Crippen molar-refractivity contribution in [3.05, 3.63) is 64.6 Å². The maximum Gasteiger partial charge on any atom is 0.320 e. The van der Waals surface area contributed by atoms with Crippen molar-refractivity contribution in [2.75, 3.05) is 81.1 Å². The number of fused-ring (bicyclic) bond motifs is 1. The first kappa shape index (κ1) is 41.1. The van der Waals surface area contributed by atoms with Gasteiger partial charge in [0.15, 0.2) is 11.5 Å². The van der Waals surface area contributed by atoms with Gasteiger partial charge in [-0.1, -0.05) is 6.07 Å². The number of amides is 7. The summed E-state index contributed by atoms with van der Waals surface area (Å²) in [6, 6.07) is 9.27. The van der Waals surface area contributed by atoms with Gasteiger partial charge in [-0.2, -0.15) is 4.98 Å². The fourth-order valence-electron chi connectivity index (χ4n) is 10.00. The zero-order valence-electron chi connectivity index (χ0n) is 34.7. The molecule has 0 aliphatic carbocycles. The number of carbonyl (C=O) groups excluding carboxylic acids is 6. The zero-order valence-corrected chi connectivity index (χ0v) is 34.7. The minimum absolute atomic E-state index is 0.00109. The lowest BCUT2D eigenvalue weighted by molar-refractivity contribution is -0.136. The van der Waals surface area contributed by atoms with Gasteiger partial charge >= 0.3 is 6.03 Å². The summed E-state index contributed by atoms with van der Waals surface area (Å²) < 4.78 is 15.8. The summed E-state index contributed by atoms with van der Waals surface area (Å²) >= 11 is 0. The molecule has 5 fully saturated rings. The predicted octanol–water partition coefficient (Wildman–Crippen LogP) is 2.69. The second-order valence-corrected chi connectivity index (χ2v) is 17.4. The molecule has 62 heavy (non-hydrogen) atoms. The highest BCUT2D eigenvalue weighted by Crippen LogP contribution is 2.35. The number of aromatic nitrogens is 3. The Balaban J connectivity index is 0.768. The zero-order chi connectivity index (χ0) is 43.2. The number of piperidine rings is 4. The molecule has 7 heterocycles. The topological polar surface area (TPSA) is 211 Å². The minimum atomic E-state index is -0.994. The molecule has 0 saturated carbocycles. The average molecular weight is 851 g/mol. The Morgan fingerprint density at radius 1 is 0.855 bits per heavy atom. The summed E-state index contributed by atoms with van der Waals surface area (Å²) in [7, 11) is 1.80. The number of anilines is 4. The van der Waals surface area contributed by atoms with Crippen LogP contribution in [0, 0.1) is 11.7 Å². The van der Waals surface area contributed by atoms with E-state index in [2.05, 4.69) is 35.6 Å². The van der Waals surface area contributed by atoms with Gasteiger partial charge in [0.25, 0.3) is 17.7 Å². The van der Waals surface area contributed by atoms with E-state index in [1.54, 1.807) is 36.2 Å². The van der Waals surface area contributed by atoms with Crippen LogP contribution in [0.2, 0.25) is 0 Å². The number of hydrogen-bond acceptors (Lipinski definition) is 13. The molecule has 6 aliphatic heterocycles. The summed E-state index contributed by atoms with van der Waals surface area (Å²) in [5, 5.41) is 13.6. The maximum atomic E-state index is 15.8. The van der Waals surface area contributed by atoms with Crippen molar-refractivity contribution in [2.24, 2.45) is 11.7 Å². The van der Waals surface area contributed by atoms with Crippen LogP contribution in [0.15, 0.2) is 36.4 Å². The molecule has 2 aromatic carbocycles. The van der Waals surface area contributed by atoms with Gasteiger partial charge < -0.3 is 35.6 Å². The normalized spacial score (nSPS) is 23.1. The molecule has 18 nitrogen and oxygen atoms in total. The lowest BCUT2D eigenvalue weighted by Crippen LogP contribution is -2.54. The first-order valence-electron chi connectivity index (χ1n) is 21.6. The third kappa shape index (κ3) is 8.00. The number of rotatable bonds is 10. The lowest BCUT2D eigenvalue weighted by atomic mass is 9.88. The summed E-state index contributed by atoms with van der Waals surface area (Å²) in [4.78, 5) is 91.4. The Morgan fingerprint density at radius 2 is 1.63 bits per heavy atom. The van der Waals surface area contributed by atoms with Crippen molar-refractivity contribution in [3.8, 4) is 0 Å². The number of nitrogens with two attached hydrogens (primary N) is 1. The largest absolute Gasteiger partial charge is 0.371 e. The molecular formula is C43H51FN12O6. The molecule has 7 amide bonds. The molecule has 2 atom stereocenters. The van der Waals surface area contributed by atoms with Crippen LogP contribution < -0.4 is 26.2 Å². The Hall–Kier alpha value is -6.24. The number of halogens is 1. The molecule has 1 aromatic heterocycles. The monoisotopic (exact) mass is 850 g/mol. The van der Waals surface area contributed by atoms with Crippen LogP contribution in [-0.2, 0) is 9.59 Å². The van der Waals surface area contributed by atoms with Crippen molar-refractivity contribution in [1.82, 2.24) is 40.1 Å². The van der Waals surface area contributed by atoms with E-state index < -0.39 is 35.6 Å². The van der Waals surface area contributed by atoms with Crippen molar-refractivity contribution < 1.29 is 33.2 Å². The summed E-state index contributed by atoms with van der Waals surface area (Å²) in [5.41, 5.74) is 7.95. The fourth-order valence-corrected chi connectivity index (χ4v) is 10.00. The molecule has 4 N–H and O–H groups in total. The van der Waals surface area contributed by atoms with Gasteiger partial charge in [-0.3, -0.25) is 34.2 Å². The third-order valence-electron chi connectivity index (χ3n) is 13.5. The van der Waals surface area contributed by atoms with Gasteiger partial charge in [-0.15, -0.1) is 10.2 Å². The van der Waals surface area contributed by atoms with Gasteiger partial charge in [0, 0.05) is 70.7 Å². The smallest absolute Gasteiger partial charge is 0.320 e. The van der Waals surface area contributed by atoms with Gasteiger partial charge in [-0.25, -0.2) is 9.18 Å². The number of primary amides is 1. The standard InChI is InChI=1S/C43H51FN12O6/c1-51-19-20-55(43(51)62)29-3-2-14-54(24-29)42-48-38(36(37(45)58)49-50-42)46-27-4-6-30(33(44)21-27)26-12-15-52(16-13-26)23-25-10-17-53(18-11-25)28-5-7-31-32(22-28)41(61)56(40(31)60)34-8-9-35(57)47-39(34)59/h4-7,21-22,25-26,29,34H,2-3,8-20,23-24H2,1H3,(H2,45,58)(H,46,48,50)(H,47,57,59). The van der Waals surface area contributed by atoms with Crippen LogP contribution >= 0.6 is 0 Å². The van der Waals surface area contributed by atoms with E-state index in [0.29, 0.717) is 49.3 Å². The van der Waals surface area contributed by atoms with E-state index in [1.807, 2.05) is 15.9 Å². The molecule has 9 rings (SSSR count). The van der Waals surface area contributed by atoms with E-state index in [-0.39, 0.29) is 59.3 Å². The number of hydrogen-bond donors (Lipinski definition) is 3. The third-order valence-corrected chi connectivity index (χ3v) is 13.5. The second-order valence-electron chi connectivity index (χ2n) is 17.4. The summed E-state index contributed by atoms with van der Waals surface area (Å²) in [5.74, 6) is -2.27. The lowest BCUT2D eigenvalue weighted by Gasteiger charge is -2.38. The van der Waals surface area contributed by atoms with Crippen molar-refractivity contribution in [1.29, 1.82) is 0 Å². The Labute approximate surface area is 357 Å². The highest BCUT2D eigenvalue weighted by atomic mass is 19.1. The predicted molar refractivity (Wildman–Crippen MR) is 224 cm³/mol. The van der Waals surface area contributed by atoms with E-state index in [9.17, 15) is 28.8 Å². The Morgan fingerprint density at radius 3 is 2.34 bits per heavy atom. The first-order valence-corrected chi connectivity index (χ1v) is 21.6. The highest BCUT2D eigenvalue weighted by Gasteiger charge is 2.45. The average Bonchev–Trinajstić information content (AvgIpc) is 3.73. The van der Waals surface area contributed by atoms with E-state index >= 15 is 4.39 Å². The number of likely N-dealkylation sites (tertiary alicyclic amines) is 1. The Kier molecular flexibility index (Phi) is 11.2. The molecule has 19 heteroatoms. The van der Waals surface area contributed by atoms with Gasteiger partial charge in [0.2, 0.25) is 17.8 Å². The molecule has 0 bridgehead atoms. The van der Waals surface area contributed by atoms with Crippen LogP contribution in [-0.4, -0.2) is 148 Å². The molecule has 3 aromatic rings. The number of nitrogens with zero attached hydrogens (tertiary/aromatic N) is 9. The Bertz CT molecular complexity index is 2310. The van der Waals surface area contributed by atoms with Gasteiger partial charge in [-0.05, 0) is 106 Å². The van der Waals surface area contributed by atoms with Crippen molar-refractivity contribution >= 4 is 58.7 Å². The van der Waals surface area contributed by atoms with Crippen molar-refractivity contribution in [2.45, 2.75) is 69.4 Å². The highest BCUT2D eigenvalue weighted by molar-refractivity contribution is 6.23. The van der Waals surface area contributed by atoms with Crippen LogP contribution in [0.25, 0.3) is 0 Å². The van der Waals surface area contributed by atoms with E-state index in [1.165, 1.54) is 6.07 Å². The summed E-state index contributed by atoms with van der Waals surface area (Å²) in [6.07, 6.45) is 5.46. The molecule has 2 unspecified atom stereocenters. The number of likely N-dealkylation sites (N-methyl/N-ethyl adjacent to an activating group) is 1. The van der Waals surface area contributed by atoms with Gasteiger partial charge in [0.05, 0.1) is 17.2 Å². The number of urea groups is 1. The summed E-state index contributed by atoms with van der Waals surface area (Å²) in [6.45, 7) is 6.79. The van der Waals surface area contributed by atoms with Crippen LogP contribution in [0.5, 0.6) is 0 Å². The number of nitrogens with one attached hydrogen (secondary N) is 2. The molecular weight excluding hydrogens is 800 g/mol.